The molecule has 0 aromatic heterocycles. The Morgan fingerprint density at radius 2 is 2.27 bits per heavy atom. The molecular weight excluding hydrogens is 194 g/mol. The van der Waals surface area contributed by atoms with Crippen LogP contribution in [0, 0.1) is 0 Å². The number of carbonyl (C=O) groups excluding carboxylic acids is 1. The lowest BCUT2D eigenvalue weighted by Gasteiger charge is -2.25. The molecule has 2 aliphatic rings. The third kappa shape index (κ3) is 2.41. The number of hydrogen-bond acceptors (Lipinski definition) is 3. The normalized spacial score (nSPS) is 27.4. The fourth-order valence-electron chi connectivity index (χ4n) is 2.37. The van der Waals surface area contributed by atoms with Crippen molar-refractivity contribution < 1.29 is 9.90 Å². The van der Waals surface area contributed by atoms with Gasteiger partial charge in [0.25, 0.3) is 0 Å². The zero-order valence-electron chi connectivity index (χ0n) is 8.98. The van der Waals surface area contributed by atoms with Crippen molar-refractivity contribution in [2.45, 2.75) is 18.9 Å². The molecular formula is C10H19N3O2. The first-order valence-corrected chi connectivity index (χ1v) is 5.69. The van der Waals surface area contributed by atoms with Crippen LogP contribution in [0.15, 0.2) is 0 Å². The topological polar surface area (TPSA) is 55.8 Å². The lowest BCUT2D eigenvalue weighted by atomic mass is 10.2. The lowest BCUT2D eigenvalue weighted by molar-refractivity contribution is 0.147. The summed E-state index contributed by atoms with van der Waals surface area (Å²) in [5.41, 5.74) is 0. The minimum Gasteiger partial charge on any atom is -0.395 e. The van der Waals surface area contributed by atoms with Crippen molar-refractivity contribution in [3.8, 4) is 0 Å². The molecule has 0 unspecified atom stereocenters. The molecule has 0 aromatic rings. The van der Waals surface area contributed by atoms with Gasteiger partial charge in [0.2, 0.25) is 0 Å². The average molecular weight is 213 g/mol. The predicted molar refractivity (Wildman–Crippen MR) is 56.7 cm³/mol. The van der Waals surface area contributed by atoms with Gasteiger partial charge in [-0.1, -0.05) is 0 Å². The number of amides is 2. The summed E-state index contributed by atoms with van der Waals surface area (Å²) in [5.74, 6) is 0. The van der Waals surface area contributed by atoms with E-state index in [4.69, 9.17) is 5.11 Å². The molecule has 5 nitrogen and oxygen atoms in total. The fraction of sp³-hybridized carbons (Fsp3) is 0.900. The average Bonchev–Trinajstić information content (AvgIpc) is 2.83. The number of urea groups is 1. The molecule has 0 bridgehead atoms. The van der Waals surface area contributed by atoms with Crippen molar-refractivity contribution in [2.75, 3.05) is 39.3 Å². The maximum absolute atomic E-state index is 11.3. The van der Waals surface area contributed by atoms with Gasteiger partial charge < -0.3 is 15.3 Å². The van der Waals surface area contributed by atoms with Crippen LogP contribution >= 0.6 is 0 Å². The summed E-state index contributed by atoms with van der Waals surface area (Å²) in [7, 11) is 0. The smallest absolute Gasteiger partial charge is 0.317 e. The number of nitrogens with zero attached hydrogens (tertiary/aromatic N) is 2. The van der Waals surface area contributed by atoms with Crippen molar-refractivity contribution in [3.05, 3.63) is 0 Å². The molecule has 15 heavy (non-hydrogen) atoms. The van der Waals surface area contributed by atoms with Crippen molar-refractivity contribution in [1.29, 1.82) is 0 Å². The Morgan fingerprint density at radius 1 is 1.40 bits per heavy atom. The van der Waals surface area contributed by atoms with Crippen LogP contribution in [0.5, 0.6) is 0 Å². The van der Waals surface area contributed by atoms with E-state index in [-0.39, 0.29) is 12.6 Å². The van der Waals surface area contributed by atoms with E-state index < -0.39 is 0 Å². The first-order valence-electron chi connectivity index (χ1n) is 5.69. The van der Waals surface area contributed by atoms with Gasteiger partial charge in [0.15, 0.2) is 0 Å². The first-order chi connectivity index (χ1) is 7.31. The number of aliphatic hydroxyl groups is 1. The molecule has 2 saturated heterocycles. The maximum Gasteiger partial charge on any atom is 0.317 e. The Morgan fingerprint density at radius 3 is 2.93 bits per heavy atom. The Labute approximate surface area is 90.0 Å². The van der Waals surface area contributed by atoms with E-state index in [0.717, 1.165) is 45.6 Å². The van der Waals surface area contributed by atoms with Crippen molar-refractivity contribution in [2.24, 2.45) is 0 Å². The van der Waals surface area contributed by atoms with Crippen LogP contribution in [0.4, 0.5) is 4.79 Å². The quantitative estimate of drug-likeness (QED) is 0.660. The number of likely N-dealkylation sites (tertiary alicyclic amines) is 1. The lowest BCUT2D eigenvalue weighted by Crippen LogP contribution is -2.40. The summed E-state index contributed by atoms with van der Waals surface area (Å²) in [5, 5.41) is 11.9. The predicted octanol–water partition coefficient (Wildman–Crippen LogP) is -0.532. The second kappa shape index (κ2) is 4.81. The summed E-state index contributed by atoms with van der Waals surface area (Å²) >= 11 is 0. The van der Waals surface area contributed by atoms with E-state index in [2.05, 4.69) is 10.2 Å². The SMILES string of the molecule is O=C1NCCN1CCN1CCC[C@@H]1CO. The molecule has 2 fully saturated rings. The standard InChI is InChI=1S/C10H19N3O2/c14-8-9-2-1-4-12(9)6-7-13-5-3-11-10(13)15/h9,14H,1-8H2,(H,11,15)/t9-/m1/s1. The van der Waals surface area contributed by atoms with Gasteiger partial charge in [0, 0.05) is 32.2 Å². The number of hydrogen-bond donors (Lipinski definition) is 2. The first kappa shape index (κ1) is 10.7. The second-order valence-electron chi connectivity index (χ2n) is 4.23. The number of rotatable bonds is 4. The van der Waals surface area contributed by atoms with E-state index in [1.807, 2.05) is 4.90 Å². The molecule has 0 aromatic carbocycles. The molecule has 2 rings (SSSR count). The molecule has 5 heteroatoms. The summed E-state index contributed by atoms with van der Waals surface area (Å²) in [6.07, 6.45) is 2.25. The second-order valence-corrected chi connectivity index (χ2v) is 4.23. The van der Waals surface area contributed by atoms with Crippen molar-refractivity contribution >= 4 is 6.03 Å². The van der Waals surface area contributed by atoms with E-state index in [9.17, 15) is 4.79 Å². The summed E-state index contributed by atoms with van der Waals surface area (Å²) in [6.45, 7) is 4.55. The number of aliphatic hydroxyl groups excluding tert-OH is 1. The van der Waals surface area contributed by atoms with Crippen LogP contribution < -0.4 is 5.32 Å². The number of nitrogens with one attached hydrogen (secondary N) is 1. The zero-order valence-corrected chi connectivity index (χ0v) is 8.98. The van der Waals surface area contributed by atoms with E-state index in [1.54, 1.807) is 0 Å². The minimum atomic E-state index is 0.0507. The molecule has 2 heterocycles. The third-order valence-electron chi connectivity index (χ3n) is 3.31. The Kier molecular flexibility index (Phi) is 3.43. The molecule has 0 saturated carbocycles. The monoisotopic (exact) mass is 213 g/mol. The Hall–Kier alpha value is -0.810. The highest BCUT2D eigenvalue weighted by Crippen LogP contribution is 2.16. The highest BCUT2D eigenvalue weighted by Gasteiger charge is 2.25. The summed E-state index contributed by atoms with van der Waals surface area (Å²) in [4.78, 5) is 15.4. The van der Waals surface area contributed by atoms with Gasteiger partial charge in [-0.3, -0.25) is 4.90 Å². The molecule has 2 N–H and O–H groups in total. The zero-order chi connectivity index (χ0) is 10.7. The van der Waals surface area contributed by atoms with Gasteiger partial charge >= 0.3 is 6.03 Å². The maximum atomic E-state index is 11.3. The fourth-order valence-corrected chi connectivity index (χ4v) is 2.37. The molecule has 86 valence electrons. The highest BCUT2D eigenvalue weighted by atomic mass is 16.3. The van der Waals surface area contributed by atoms with Gasteiger partial charge in [0.05, 0.1) is 6.61 Å². The van der Waals surface area contributed by atoms with E-state index in [0.29, 0.717) is 6.04 Å². The van der Waals surface area contributed by atoms with Gasteiger partial charge in [-0.25, -0.2) is 4.79 Å². The Bertz CT molecular complexity index is 235. The minimum absolute atomic E-state index is 0.0507. The number of carbonyl (C=O) groups is 1. The molecule has 0 aliphatic carbocycles. The van der Waals surface area contributed by atoms with Gasteiger partial charge in [-0.2, -0.15) is 0 Å². The molecule has 2 aliphatic heterocycles. The van der Waals surface area contributed by atoms with Crippen LogP contribution in [-0.2, 0) is 0 Å². The molecule has 0 radical (unpaired) electrons. The Balaban J connectivity index is 1.75. The van der Waals surface area contributed by atoms with Gasteiger partial charge in [-0.05, 0) is 19.4 Å². The van der Waals surface area contributed by atoms with E-state index >= 15 is 0 Å². The van der Waals surface area contributed by atoms with Crippen LogP contribution in [0.25, 0.3) is 0 Å². The van der Waals surface area contributed by atoms with E-state index in [1.165, 1.54) is 0 Å². The van der Waals surface area contributed by atoms with Crippen molar-refractivity contribution in [1.82, 2.24) is 15.1 Å². The molecule has 1 atom stereocenters. The highest BCUT2D eigenvalue weighted by molar-refractivity contribution is 5.76. The van der Waals surface area contributed by atoms with Crippen LogP contribution in [0.3, 0.4) is 0 Å². The van der Waals surface area contributed by atoms with Gasteiger partial charge in [-0.15, -0.1) is 0 Å². The van der Waals surface area contributed by atoms with Crippen LogP contribution in [0.2, 0.25) is 0 Å². The van der Waals surface area contributed by atoms with Gasteiger partial charge in [0.1, 0.15) is 0 Å². The van der Waals surface area contributed by atoms with Crippen LogP contribution in [-0.4, -0.2) is 66.3 Å². The van der Waals surface area contributed by atoms with Crippen LogP contribution in [0.1, 0.15) is 12.8 Å². The third-order valence-corrected chi connectivity index (χ3v) is 3.31. The summed E-state index contributed by atoms with van der Waals surface area (Å²) in [6, 6.07) is 0.366. The summed E-state index contributed by atoms with van der Waals surface area (Å²) < 4.78 is 0. The molecule has 0 spiro atoms. The van der Waals surface area contributed by atoms with Crippen molar-refractivity contribution in [3.63, 3.8) is 0 Å². The largest absolute Gasteiger partial charge is 0.395 e. The molecule has 2 amide bonds.